The standard InChI is InChI=1S/C21H15ClN2O4/c22-15-8-11-18(24-19(25)13-4-2-1-3-5-13)17(12-15)20(26)23-16-9-6-14(7-10-16)21(27)28/h1-12H,(H,23,26)(H,24,25)(H,27,28). The number of benzene rings is 3. The maximum absolute atomic E-state index is 12.7. The Bertz CT molecular complexity index is 1030. The summed E-state index contributed by atoms with van der Waals surface area (Å²) in [5, 5.41) is 14.6. The Labute approximate surface area is 165 Å². The maximum atomic E-state index is 12.7. The van der Waals surface area contributed by atoms with Crippen molar-refractivity contribution in [3.8, 4) is 0 Å². The van der Waals surface area contributed by atoms with Crippen molar-refractivity contribution in [1.82, 2.24) is 0 Å². The lowest BCUT2D eigenvalue weighted by Crippen LogP contribution is -2.18. The van der Waals surface area contributed by atoms with Crippen LogP contribution >= 0.6 is 11.6 Å². The number of hydrogen-bond acceptors (Lipinski definition) is 3. The van der Waals surface area contributed by atoms with Crippen molar-refractivity contribution < 1.29 is 19.5 Å². The smallest absolute Gasteiger partial charge is 0.335 e. The molecule has 140 valence electrons. The minimum Gasteiger partial charge on any atom is -0.478 e. The average molecular weight is 395 g/mol. The van der Waals surface area contributed by atoms with Gasteiger partial charge in [-0.3, -0.25) is 9.59 Å². The topological polar surface area (TPSA) is 95.5 Å². The minimum absolute atomic E-state index is 0.108. The molecule has 0 heterocycles. The first-order chi connectivity index (χ1) is 13.4. The van der Waals surface area contributed by atoms with Crippen molar-refractivity contribution in [1.29, 1.82) is 0 Å². The molecular weight excluding hydrogens is 380 g/mol. The lowest BCUT2D eigenvalue weighted by atomic mass is 10.1. The lowest BCUT2D eigenvalue weighted by Gasteiger charge is -2.12. The predicted octanol–water partition coefficient (Wildman–Crippen LogP) is 4.54. The highest BCUT2D eigenvalue weighted by atomic mass is 35.5. The summed E-state index contributed by atoms with van der Waals surface area (Å²) in [6.45, 7) is 0. The van der Waals surface area contributed by atoms with Crippen molar-refractivity contribution in [2.75, 3.05) is 10.6 Å². The van der Waals surface area contributed by atoms with E-state index < -0.39 is 11.9 Å². The number of hydrogen-bond donors (Lipinski definition) is 3. The van der Waals surface area contributed by atoms with Gasteiger partial charge in [0.15, 0.2) is 0 Å². The van der Waals surface area contributed by atoms with Crippen LogP contribution in [-0.2, 0) is 0 Å². The number of anilines is 2. The van der Waals surface area contributed by atoms with Gasteiger partial charge in [-0.05, 0) is 54.6 Å². The van der Waals surface area contributed by atoms with Gasteiger partial charge in [0, 0.05) is 16.3 Å². The molecule has 3 N–H and O–H groups in total. The van der Waals surface area contributed by atoms with Crippen molar-refractivity contribution in [2.45, 2.75) is 0 Å². The number of nitrogens with one attached hydrogen (secondary N) is 2. The quantitative estimate of drug-likeness (QED) is 0.591. The Hall–Kier alpha value is -3.64. The summed E-state index contributed by atoms with van der Waals surface area (Å²) in [4.78, 5) is 36.0. The molecule has 0 aliphatic heterocycles. The number of aromatic carboxylic acids is 1. The van der Waals surface area contributed by atoms with E-state index in [-0.39, 0.29) is 17.0 Å². The third-order valence-corrected chi connectivity index (χ3v) is 4.14. The third kappa shape index (κ3) is 4.55. The van der Waals surface area contributed by atoms with E-state index in [0.717, 1.165) is 0 Å². The highest BCUT2D eigenvalue weighted by Crippen LogP contribution is 2.23. The zero-order valence-corrected chi connectivity index (χ0v) is 15.2. The number of carboxylic acids is 1. The molecule has 6 nitrogen and oxygen atoms in total. The number of carboxylic acid groups (broad SMARTS) is 1. The van der Waals surface area contributed by atoms with Gasteiger partial charge in [-0.15, -0.1) is 0 Å². The van der Waals surface area contributed by atoms with Crippen LogP contribution in [-0.4, -0.2) is 22.9 Å². The van der Waals surface area contributed by atoms with Crippen LogP contribution < -0.4 is 10.6 Å². The molecule has 0 aliphatic rings. The molecule has 0 fully saturated rings. The predicted molar refractivity (Wildman–Crippen MR) is 107 cm³/mol. The highest BCUT2D eigenvalue weighted by molar-refractivity contribution is 6.31. The Kier molecular flexibility index (Phi) is 5.72. The van der Waals surface area contributed by atoms with E-state index in [1.807, 2.05) is 0 Å². The van der Waals surface area contributed by atoms with Crippen LogP contribution in [0.25, 0.3) is 0 Å². The molecule has 3 rings (SSSR count). The molecule has 0 atom stereocenters. The molecule has 0 spiro atoms. The summed E-state index contributed by atoms with van der Waals surface area (Å²) in [5.74, 6) is -1.91. The molecule has 0 aromatic heterocycles. The molecule has 0 bridgehead atoms. The van der Waals surface area contributed by atoms with Crippen LogP contribution in [0.1, 0.15) is 31.1 Å². The number of amides is 2. The second-order valence-corrected chi connectivity index (χ2v) is 6.28. The van der Waals surface area contributed by atoms with E-state index in [2.05, 4.69) is 10.6 Å². The summed E-state index contributed by atoms with van der Waals surface area (Å²) in [6.07, 6.45) is 0. The molecule has 0 saturated carbocycles. The van der Waals surface area contributed by atoms with Gasteiger partial charge in [-0.25, -0.2) is 4.79 Å². The molecule has 0 aliphatic carbocycles. The van der Waals surface area contributed by atoms with Gasteiger partial charge < -0.3 is 15.7 Å². The molecule has 7 heteroatoms. The second kappa shape index (κ2) is 8.37. The van der Waals surface area contributed by atoms with Crippen molar-refractivity contribution in [3.63, 3.8) is 0 Å². The maximum Gasteiger partial charge on any atom is 0.335 e. The van der Waals surface area contributed by atoms with Crippen LogP contribution in [0, 0.1) is 0 Å². The van der Waals surface area contributed by atoms with Crippen LogP contribution in [0.4, 0.5) is 11.4 Å². The van der Waals surface area contributed by atoms with Crippen LogP contribution in [0.3, 0.4) is 0 Å². The Morgan fingerprint density at radius 1 is 0.750 bits per heavy atom. The first-order valence-corrected chi connectivity index (χ1v) is 8.62. The Morgan fingerprint density at radius 2 is 1.43 bits per heavy atom. The fourth-order valence-electron chi connectivity index (χ4n) is 2.49. The van der Waals surface area contributed by atoms with Gasteiger partial charge >= 0.3 is 5.97 Å². The molecule has 0 saturated heterocycles. The molecule has 28 heavy (non-hydrogen) atoms. The van der Waals surface area contributed by atoms with Gasteiger partial charge in [-0.1, -0.05) is 29.8 Å². The van der Waals surface area contributed by atoms with Crippen molar-refractivity contribution in [2.24, 2.45) is 0 Å². The van der Waals surface area contributed by atoms with Gasteiger partial charge in [0.1, 0.15) is 0 Å². The van der Waals surface area contributed by atoms with Crippen molar-refractivity contribution in [3.05, 3.63) is 94.5 Å². The number of rotatable bonds is 5. The Balaban J connectivity index is 1.82. The van der Waals surface area contributed by atoms with E-state index in [4.69, 9.17) is 16.7 Å². The molecule has 0 radical (unpaired) electrons. The average Bonchev–Trinajstić information content (AvgIpc) is 2.70. The first kappa shape index (κ1) is 19.1. The van der Waals surface area contributed by atoms with E-state index in [1.165, 1.54) is 30.3 Å². The summed E-state index contributed by atoms with van der Waals surface area (Å²) in [5.41, 5.74) is 1.46. The number of carbonyl (C=O) groups excluding carboxylic acids is 2. The largest absolute Gasteiger partial charge is 0.478 e. The van der Waals surface area contributed by atoms with Crippen LogP contribution in [0.2, 0.25) is 5.02 Å². The minimum atomic E-state index is -1.06. The summed E-state index contributed by atoms with van der Waals surface area (Å²) in [7, 11) is 0. The second-order valence-electron chi connectivity index (χ2n) is 5.85. The third-order valence-electron chi connectivity index (χ3n) is 3.90. The fourth-order valence-corrected chi connectivity index (χ4v) is 2.66. The van der Waals surface area contributed by atoms with Gasteiger partial charge in [-0.2, -0.15) is 0 Å². The summed E-state index contributed by atoms with van der Waals surface area (Å²) < 4.78 is 0. The van der Waals surface area contributed by atoms with E-state index in [9.17, 15) is 14.4 Å². The molecule has 2 amide bonds. The van der Waals surface area contributed by atoms with E-state index in [1.54, 1.807) is 42.5 Å². The van der Waals surface area contributed by atoms with Crippen molar-refractivity contribution >= 4 is 40.8 Å². The van der Waals surface area contributed by atoms with E-state index >= 15 is 0 Å². The molecular formula is C21H15ClN2O4. The Morgan fingerprint density at radius 3 is 2.07 bits per heavy atom. The van der Waals surface area contributed by atoms with E-state index in [0.29, 0.717) is 22.0 Å². The zero-order chi connectivity index (χ0) is 20.1. The number of carbonyl (C=O) groups is 3. The normalized spacial score (nSPS) is 10.2. The van der Waals surface area contributed by atoms with Crippen LogP contribution in [0.5, 0.6) is 0 Å². The van der Waals surface area contributed by atoms with Gasteiger partial charge in [0.25, 0.3) is 11.8 Å². The fraction of sp³-hybridized carbons (Fsp3) is 0. The monoisotopic (exact) mass is 394 g/mol. The lowest BCUT2D eigenvalue weighted by molar-refractivity contribution is 0.0696. The summed E-state index contributed by atoms with van der Waals surface area (Å²) in [6, 6.07) is 18.9. The van der Waals surface area contributed by atoms with Gasteiger partial charge in [0.05, 0.1) is 16.8 Å². The zero-order valence-electron chi connectivity index (χ0n) is 14.5. The molecule has 0 unspecified atom stereocenters. The molecule has 3 aromatic carbocycles. The van der Waals surface area contributed by atoms with Gasteiger partial charge in [0.2, 0.25) is 0 Å². The van der Waals surface area contributed by atoms with Crippen LogP contribution in [0.15, 0.2) is 72.8 Å². The SMILES string of the molecule is O=C(O)c1ccc(NC(=O)c2cc(Cl)ccc2NC(=O)c2ccccc2)cc1. The molecule has 3 aromatic rings. The first-order valence-electron chi connectivity index (χ1n) is 8.25. The summed E-state index contributed by atoms with van der Waals surface area (Å²) >= 11 is 6.02. The number of halogens is 1. The highest BCUT2D eigenvalue weighted by Gasteiger charge is 2.16.